The number of ether oxygens (including phenoxy) is 1. The Morgan fingerprint density at radius 2 is 1.74 bits per heavy atom. The second kappa shape index (κ2) is 9.37. The van der Waals surface area contributed by atoms with Crippen LogP contribution in [0.2, 0.25) is 5.02 Å². The Hall–Kier alpha value is -3.55. The summed E-state index contributed by atoms with van der Waals surface area (Å²) < 4.78 is 12.6. The highest BCUT2D eigenvalue weighted by molar-refractivity contribution is 7.98. The maximum Gasteiger partial charge on any atom is 0.374 e. The van der Waals surface area contributed by atoms with Crippen molar-refractivity contribution in [3.8, 4) is 5.69 Å². The third-order valence-corrected chi connectivity index (χ3v) is 6.63. The van der Waals surface area contributed by atoms with E-state index in [-0.39, 0.29) is 17.9 Å². The van der Waals surface area contributed by atoms with Gasteiger partial charge in [-0.05, 0) is 37.3 Å². The molecule has 5 rings (SSSR count). The van der Waals surface area contributed by atoms with E-state index in [1.165, 1.54) is 16.3 Å². The quantitative estimate of drug-likeness (QED) is 0.159. The molecule has 0 bridgehead atoms. The number of thioether (sulfide) groups is 1. The summed E-state index contributed by atoms with van der Waals surface area (Å²) in [4.78, 5) is 30.9. The largest absolute Gasteiger partial charge is 0.460 e. The zero-order valence-electron chi connectivity index (χ0n) is 18.2. The van der Waals surface area contributed by atoms with Crippen LogP contribution < -0.4 is 5.56 Å². The van der Waals surface area contributed by atoms with Crippen molar-refractivity contribution >= 4 is 51.2 Å². The van der Waals surface area contributed by atoms with Gasteiger partial charge >= 0.3 is 5.97 Å². The number of carbonyl (C=O) groups is 1. The summed E-state index contributed by atoms with van der Waals surface area (Å²) in [5.41, 5.74) is 2.19. The topological polar surface area (TPSA) is 74.3 Å². The van der Waals surface area contributed by atoms with E-state index in [1.807, 2.05) is 30.3 Å². The second-order valence-corrected chi connectivity index (χ2v) is 8.77. The lowest BCUT2D eigenvalue weighted by Crippen LogP contribution is -2.22. The molecule has 0 spiro atoms. The van der Waals surface area contributed by atoms with Crippen LogP contribution in [-0.2, 0) is 10.5 Å². The summed E-state index contributed by atoms with van der Waals surface area (Å²) in [6.45, 7) is 1.98. The van der Waals surface area contributed by atoms with Gasteiger partial charge < -0.3 is 9.15 Å². The third-order valence-electron chi connectivity index (χ3n) is 5.34. The van der Waals surface area contributed by atoms with Crippen LogP contribution in [0.5, 0.6) is 0 Å². The molecule has 170 valence electrons. The Labute approximate surface area is 204 Å². The average Bonchev–Trinajstić information content (AvgIpc) is 3.22. The molecule has 0 amide bonds. The number of hydrogen-bond acceptors (Lipinski definition) is 6. The lowest BCUT2D eigenvalue weighted by molar-refractivity contribution is 0.0491. The molecule has 0 fully saturated rings. The Bertz CT molecular complexity index is 1590. The molecule has 34 heavy (non-hydrogen) atoms. The van der Waals surface area contributed by atoms with Crippen molar-refractivity contribution in [1.82, 2.24) is 9.55 Å². The minimum atomic E-state index is -0.524. The predicted octanol–water partition coefficient (Wildman–Crippen LogP) is 6.25. The number of nitrogens with zero attached hydrogens (tertiary/aromatic N) is 2. The maximum atomic E-state index is 13.5. The Kier molecular flexibility index (Phi) is 6.13. The molecule has 0 aliphatic heterocycles. The van der Waals surface area contributed by atoms with E-state index in [0.717, 1.165) is 5.39 Å². The van der Waals surface area contributed by atoms with Crippen LogP contribution in [-0.4, -0.2) is 22.1 Å². The van der Waals surface area contributed by atoms with E-state index in [4.69, 9.17) is 25.7 Å². The van der Waals surface area contributed by atoms with Gasteiger partial charge in [-0.1, -0.05) is 65.8 Å². The fraction of sp³-hybridized carbons (Fsp3) is 0.115. The number of para-hydroxylation sites is 3. The van der Waals surface area contributed by atoms with Crippen molar-refractivity contribution in [3.63, 3.8) is 0 Å². The Morgan fingerprint density at radius 3 is 2.53 bits per heavy atom. The van der Waals surface area contributed by atoms with Gasteiger partial charge in [-0.2, -0.15) is 0 Å². The summed E-state index contributed by atoms with van der Waals surface area (Å²) in [5.74, 6) is -0.0346. The zero-order valence-corrected chi connectivity index (χ0v) is 19.7. The first kappa shape index (κ1) is 22.3. The van der Waals surface area contributed by atoms with Gasteiger partial charge in [0.25, 0.3) is 5.56 Å². The Balaban J connectivity index is 1.65. The maximum absolute atomic E-state index is 13.5. The van der Waals surface area contributed by atoms with Crippen LogP contribution in [0.3, 0.4) is 0 Å². The zero-order chi connectivity index (χ0) is 23.7. The van der Waals surface area contributed by atoms with Crippen molar-refractivity contribution in [2.45, 2.75) is 17.8 Å². The van der Waals surface area contributed by atoms with Crippen LogP contribution in [0.4, 0.5) is 0 Å². The van der Waals surface area contributed by atoms with Crippen LogP contribution in [0.1, 0.15) is 23.0 Å². The van der Waals surface area contributed by atoms with Gasteiger partial charge in [0.1, 0.15) is 5.58 Å². The molecule has 0 aliphatic carbocycles. The number of halogens is 1. The lowest BCUT2D eigenvalue weighted by atomic mass is 10.1. The van der Waals surface area contributed by atoms with Gasteiger partial charge in [0.05, 0.1) is 28.2 Å². The van der Waals surface area contributed by atoms with E-state index in [0.29, 0.717) is 43.7 Å². The number of aromatic nitrogens is 2. The molecule has 5 aromatic rings. The summed E-state index contributed by atoms with van der Waals surface area (Å²) in [5, 5.41) is 2.19. The molecular weight excluding hydrogens is 472 g/mol. The Morgan fingerprint density at radius 1 is 1.03 bits per heavy atom. The summed E-state index contributed by atoms with van der Waals surface area (Å²) in [6, 6.07) is 21.8. The number of rotatable bonds is 6. The van der Waals surface area contributed by atoms with Gasteiger partial charge in [-0.3, -0.25) is 9.36 Å². The number of benzene rings is 3. The highest BCUT2D eigenvalue weighted by atomic mass is 35.5. The smallest absolute Gasteiger partial charge is 0.374 e. The van der Waals surface area contributed by atoms with E-state index < -0.39 is 5.97 Å². The molecule has 0 saturated heterocycles. The molecule has 0 N–H and O–H groups in total. The fourth-order valence-electron chi connectivity index (χ4n) is 3.80. The van der Waals surface area contributed by atoms with E-state index in [1.54, 1.807) is 49.4 Å². The first-order valence-corrected chi connectivity index (χ1v) is 12.0. The minimum Gasteiger partial charge on any atom is -0.460 e. The number of carbonyl (C=O) groups excluding carboxylic acids is 1. The van der Waals surface area contributed by atoms with Crippen LogP contribution in [0.15, 0.2) is 87.2 Å². The molecule has 2 aromatic heterocycles. The van der Waals surface area contributed by atoms with Gasteiger partial charge in [-0.15, -0.1) is 0 Å². The lowest BCUT2D eigenvalue weighted by Gasteiger charge is -2.14. The molecule has 0 saturated carbocycles. The van der Waals surface area contributed by atoms with Gasteiger partial charge in [0.15, 0.2) is 5.16 Å². The van der Waals surface area contributed by atoms with Crippen molar-refractivity contribution in [3.05, 3.63) is 99.5 Å². The van der Waals surface area contributed by atoms with Gasteiger partial charge in [-0.25, -0.2) is 9.78 Å². The fourth-order valence-corrected chi connectivity index (χ4v) is 5.05. The van der Waals surface area contributed by atoms with Crippen molar-refractivity contribution in [1.29, 1.82) is 0 Å². The minimum absolute atomic E-state index is 0.156. The van der Waals surface area contributed by atoms with Crippen molar-refractivity contribution in [2.24, 2.45) is 0 Å². The second-order valence-electron chi connectivity index (χ2n) is 7.42. The molecule has 0 atom stereocenters. The van der Waals surface area contributed by atoms with Crippen LogP contribution in [0.25, 0.3) is 27.6 Å². The number of fused-ring (bicyclic) bond motifs is 2. The number of furan rings is 1. The summed E-state index contributed by atoms with van der Waals surface area (Å²) in [6.07, 6.45) is 0. The number of hydrogen-bond donors (Lipinski definition) is 0. The molecule has 6 nitrogen and oxygen atoms in total. The predicted molar refractivity (Wildman–Crippen MR) is 134 cm³/mol. The van der Waals surface area contributed by atoms with Gasteiger partial charge in [0, 0.05) is 16.7 Å². The van der Waals surface area contributed by atoms with E-state index in [2.05, 4.69) is 0 Å². The van der Waals surface area contributed by atoms with Crippen LogP contribution >= 0.6 is 23.4 Å². The molecule has 0 unspecified atom stereocenters. The molecule has 0 radical (unpaired) electrons. The SMILES string of the molecule is CCOC(=O)c1oc2ccccc2c1CSc1nc2ccccc2c(=O)n1-c1ccccc1Cl. The molecule has 3 aromatic carbocycles. The average molecular weight is 491 g/mol. The summed E-state index contributed by atoms with van der Waals surface area (Å²) in [7, 11) is 0. The normalized spacial score (nSPS) is 11.2. The summed E-state index contributed by atoms with van der Waals surface area (Å²) >= 11 is 7.79. The first-order valence-electron chi connectivity index (χ1n) is 10.7. The molecule has 8 heteroatoms. The third kappa shape index (κ3) is 3.97. The van der Waals surface area contributed by atoms with E-state index in [9.17, 15) is 9.59 Å². The monoisotopic (exact) mass is 490 g/mol. The van der Waals surface area contributed by atoms with Crippen molar-refractivity contribution < 1.29 is 13.9 Å². The standard InChI is InChI=1S/C26H19ClN2O4S/c1-2-32-25(31)23-18(16-9-4-8-14-22(16)33-23)15-34-26-28-20-12-6-3-10-17(20)24(30)29(26)21-13-7-5-11-19(21)27/h3-14H,2,15H2,1H3. The molecular formula is C26H19ClN2O4S. The highest BCUT2D eigenvalue weighted by Gasteiger charge is 2.23. The number of esters is 1. The first-order chi connectivity index (χ1) is 16.6. The van der Waals surface area contributed by atoms with Crippen LogP contribution in [0, 0.1) is 0 Å². The van der Waals surface area contributed by atoms with E-state index >= 15 is 0 Å². The van der Waals surface area contributed by atoms with Crippen molar-refractivity contribution in [2.75, 3.05) is 6.61 Å². The molecule has 2 heterocycles. The van der Waals surface area contributed by atoms with Gasteiger partial charge in [0.2, 0.25) is 5.76 Å². The highest BCUT2D eigenvalue weighted by Crippen LogP contribution is 2.33. The molecule has 0 aliphatic rings.